The predicted octanol–water partition coefficient (Wildman–Crippen LogP) is 2.60. The van der Waals surface area contributed by atoms with Crippen LogP contribution in [0, 0.1) is 11.3 Å². The third kappa shape index (κ3) is 3.52. The number of rotatable bonds is 4. The molecule has 126 valence electrons. The maximum Gasteiger partial charge on any atom is 0.226 e. The van der Waals surface area contributed by atoms with Gasteiger partial charge in [0.25, 0.3) is 0 Å². The third-order valence-electron chi connectivity index (χ3n) is 5.60. The van der Waals surface area contributed by atoms with E-state index in [2.05, 4.69) is 19.9 Å². The Kier molecular flexibility index (Phi) is 4.62. The van der Waals surface area contributed by atoms with Crippen molar-refractivity contribution in [2.75, 3.05) is 19.6 Å². The lowest BCUT2D eigenvalue weighted by Crippen LogP contribution is -2.44. The molecule has 4 heteroatoms. The molecule has 0 bridgehead atoms. The van der Waals surface area contributed by atoms with Crippen molar-refractivity contribution < 1.29 is 9.53 Å². The van der Waals surface area contributed by atoms with Crippen LogP contribution < -0.4 is 10.5 Å². The van der Waals surface area contributed by atoms with Crippen LogP contribution in [0.2, 0.25) is 0 Å². The van der Waals surface area contributed by atoms with E-state index in [4.69, 9.17) is 10.5 Å². The molecular weight excluding hydrogens is 288 g/mol. The van der Waals surface area contributed by atoms with Gasteiger partial charge in [0.2, 0.25) is 5.91 Å². The number of hydrogen-bond acceptors (Lipinski definition) is 3. The van der Waals surface area contributed by atoms with Crippen molar-refractivity contribution in [3.63, 3.8) is 0 Å². The summed E-state index contributed by atoms with van der Waals surface area (Å²) < 4.78 is 5.90. The number of para-hydroxylation sites is 1. The number of likely N-dealkylation sites (tertiary alicyclic amines) is 1. The molecule has 1 atom stereocenters. The molecule has 0 saturated carbocycles. The molecule has 4 nitrogen and oxygen atoms in total. The first kappa shape index (κ1) is 16.3. The maximum absolute atomic E-state index is 12.6. The molecular formula is C19H28N2O2. The fourth-order valence-corrected chi connectivity index (χ4v) is 3.77. The van der Waals surface area contributed by atoms with Crippen molar-refractivity contribution in [3.8, 4) is 5.75 Å². The Labute approximate surface area is 139 Å². The molecule has 23 heavy (non-hydrogen) atoms. The number of amides is 1. The smallest absolute Gasteiger partial charge is 0.226 e. The molecule has 0 aromatic heterocycles. The Morgan fingerprint density at radius 3 is 2.65 bits per heavy atom. The summed E-state index contributed by atoms with van der Waals surface area (Å²) >= 11 is 0. The van der Waals surface area contributed by atoms with Gasteiger partial charge in [-0.3, -0.25) is 4.79 Å². The van der Waals surface area contributed by atoms with Crippen LogP contribution in [0.15, 0.2) is 24.3 Å². The lowest BCUT2D eigenvalue weighted by atomic mass is 9.74. The van der Waals surface area contributed by atoms with Crippen molar-refractivity contribution in [3.05, 3.63) is 29.8 Å². The third-order valence-corrected chi connectivity index (χ3v) is 5.60. The molecule has 1 amide bonds. The standard InChI is InChI=1S/C19H28N2O2/c1-19(2,13-20)15-7-9-21(10-8-15)18(22)12-16-11-14-5-3-4-6-17(14)23-16/h3-6,15-16H,7-13,20H2,1-2H3/t16-/m1/s1. The molecule has 0 radical (unpaired) electrons. The van der Waals surface area contributed by atoms with Gasteiger partial charge >= 0.3 is 0 Å². The number of nitrogens with zero attached hydrogens (tertiary/aromatic N) is 1. The lowest BCUT2D eigenvalue weighted by Gasteiger charge is -2.40. The average Bonchev–Trinajstić information content (AvgIpc) is 2.97. The van der Waals surface area contributed by atoms with E-state index >= 15 is 0 Å². The number of benzene rings is 1. The molecule has 3 rings (SSSR count). The first-order chi connectivity index (χ1) is 11.0. The van der Waals surface area contributed by atoms with Gasteiger partial charge in [-0.2, -0.15) is 0 Å². The molecule has 1 aromatic carbocycles. The molecule has 2 heterocycles. The van der Waals surface area contributed by atoms with Crippen LogP contribution in [-0.2, 0) is 11.2 Å². The zero-order valence-electron chi connectivity index (χ0n) is 14.3. The van der Waals surface area contributed by atoms with Crippen LogP contribution in [0.3, 0.4) is 0 Å². The summed E-state index contributed by atoms with van der Waals surface area (Å²) in [7, 11) is 0. The highest BCUT2D eigenvalue weighted by Crippen LogP contribution is 2.35. The van der Waals surface area contributed by atoms with E-state index in [0.29, 0.717) is 18.9 Å². The number of hydrogen-bond donors (Lipinski definition) is 1. The fourth-order valence-electron chi connectivity index (χ4n) is 3.77. The summed E-state index contributed by atoms with van der Waals surface area (Å²) in [6.07, 6.45) is 3.44. The fraction of sp³-hybridized carbons (Fsp3) is 0.632. The highest BCUT2D eigenvalue weighted by molar-refractivity contribution is 5.77. The summed E-state index contributed by atoms with van der Waals surface area (Å²) in [5.41, 5.74) is 7.27. The van der Waals surface area contributed by atoms with Gasteiger partial charge in [-0.1, -0.05) is 32.0 Å². The number of nitrogens with two attached hydrogens (primary N) is 1. The Bertz CT molecular complexity index is 537. The molecule has 1 aromatic rings. The number of carbonyl (C=O) groups excluding carboxylic acids is 1. The summed E-state index contributed by atoms with van der Waals surface area (Å²) in [6, 6.07) is 8.07. The van der Waals surface area contributed by atoms with Crippen molar-refractivity contribution in [1.29, 1.82) is 0 Å². The van der Waals surface area contributed by atoms with Gasteiger partial charge in [0, 0.05) is 19.5 Å². The van der Waals surface area contributed by atoms with Crippen LogP contribution in [0.1, 0.15) is 38.7 Å². The molecule has 0 unspecified atom stereocenters. The number of fused-ring (bicyclic) bond motifs is 1. The Morgan fingerprint density at radius 1 is 1.30 bits per heavy atom. The molecule has 0 spiro atoms. The zero-order chi connectivity index (χ0) is 16.4. The van der Waals surface area contributed by atoms with Crippen molar-refractivity contribution in [2.45, 2.75) is 45.6 Å². The normalized spacial score (nSPS) is 21.9. The van der Waals surface area contributed by atoms with Gasteiger partial charge < -0.3 is 15.4 Å². The van der Waals surface area contributed by atoms with Crippen LogP contribution in [0.25, 0.3) is 0 Å². The second kappa shape index (κ2) is 6.52. The number of piperidine rings is 1. The average molecular weight is 316 g/mol. The largest absolute Gasteiger partial charge is 0.489 e. The number of ether oxygens (including phenoxy) is 1. The molecule has 0 aliphatic carbocycles. The van der Waals surface area contributed by atoms with Crippen molar-refractivity contribution in [2.24, 2.45) is 17.1 Å². The van der Waals surface area contributed by atoms with Crippen LogP contribution in [0.4, 0.5) is 0 Å². The second-order valence-corrected chi connectivity index (χ2v) is 7.60. The summed E-state index contributed by atoms with van der Waals surface area (Å²) in [6.45, 7) is 6.89. The van der Waals surface area contributed by atoms with Gasteiger partial charge in [-0.05, 0) is 42.3 Å². The van der Waals surface area contributed by atoms with Crippen LogP contribution in [0.5, 0.6) is 5.75 Å². The highest BCUT2D eigenvalue weighted by Gasteiger charge is 2.34. The minimum atomic E-state index is -0.00175. The SMILES string of the molecule is CC(C)(CN)C1CCN(C(=O)C[C@H]2Cc3ccccc3O2)CC1. The second-order valence-electron chi connectivity index (χ2n) is 7.60. The van der Waals surface area contributed by atoms with Gasteiger partial charge in [-0.25, -0.2) is 0 Å². The van der Waals surface area contributed by atoms with E-state index in [0.717, 1.165) is 38.1 Å². The first-order valence-corrected chi connectivity index (χ1v) is 8.72. The minimum Gasteiger partial charge on any atom is -0.489 e. The minimum absolute atomic E-state index is 0.00175. The monoisotopic (exact) mass is 316 g/mol. The first-order valence-electron chi connectivity index (χ1n) is 8.72. The van der Waals surface area contributed by atoms with E-state index in [1.165, 1.54) is 5.56 Å². The molecule has 1 fully saturated rings. The van der Waals surface area contributed by atoms with Gasteiger partial charge in [-0.15, -0.1) is 0 Å². The van der Waals surface area contributed by atoms with Crippen LogP contribution >= 0.6 is 0 Å². The molecule has 2 N–H and O–H groups in total. The Hall–Kier alpha value is -1.55. The Balaban J connectivity index is 1.49. The molecule has 2 aliphatic heterocycles. The quantitative estimate of drug-likeness (QED) is 0.929. The maximum atomic E-state index is 12.6. The summed E-state index contributed by atoms with van der Waals surface area (Å²) in [5, 5.41) is 0. The van der Waals surface area contributed by atoms with Gasteiger partial charge in [0.15, 0.2) is 0 Å². The van der Waals surface area contributed by atoms with E-state index in [-0.39, 0.29) is 17.4 Å². The highest BCUT2D eigenvalue weighted by atomic mass is 16.5. The van der Waals surface area contributed by atoms with Gasteiger partial charge in [0.05, 0.1) is 6.42 Å². The molecule has 2 aliphatic rings. The van der Waals surface area contributed by atoms with Crippen LogP contribution in [-0.4, -0.2) is 36.5 Å². The topological polar surface area (TPSA) is 55.6 Å². The summed E-state index contributed by atoms with van der Waals surface area (Å²) in [4.78, 5) is 14.6. The van der Waals surface area contributed by atoms with Gasteiger partial charge in [0.1, 0.15) is 11.9 Å². The van der Waals surface area contributed by atoms with Crippen molar-refractivity contribution in [1.82, 2.24) is 4.90 Å². The van der Waals surface area contributed by atoms with Crippen molar-refractivity contribution >= 4 is 5.91 Å². The van der Waals surface area contributed by atoms with E-state index in [9.17, 15) is 4.79 Å². The Morgan fingerprint density at radius 2 is 2.00 bits per heavy atom. The molecule has 1 saturated heterocycles. The predicted molar refractivity (Wildman–Crippen MR) is 91.3 cm³/mol. The van der Waals surface area contributed by atoms with E-state index in [1.807, 2.05) is 23.1 Å². The number of carbonyl (C=O) groups is 1. The van der Waals surface area contributed by atoms with E-state index in [1.54, 1.807) is 0 Å². The van der Waals surface area contributed by atoms with E-state index < -0.39 is 0 Å². The lowest BCUT2D eigenvalue weighted by molar-refractivity contribution is -0.134. The zero-order valence-corrected chi connectivity index (χ0v) is 14.3. The summed E-state index contributed by atoms with van der Waals surface area (Å²) in [5.74, 6) is 1.78.